The molecule has 0 aromatic heterocycles. The van der Waals surface area contributed by atoms with Crippen LogP contribution in [0.15, 0.2) is 42.5 Å². The summed E-state index contributed by atoms with van der Waals surface area (Å²) in [5.74, 6) is 0.370. The van der Waals surface area contributed by atoms with E-state index in [1.807, 2.05) is 24.3 Å². The zero-order valence-electron chi connectivity index (χ0n) is 15.6. The highest BCUT2D eigenvalue weighted by molar-refractivity contribution is 5.90. The van der Waals surface area contributed by atoms with Crippen LogP contribution in [-0.4, -0.2) is 62.9 Å². The Morgan fingerprint density at radius 3 is 1.82 bits per heavy atom. The summed E-state index contributed by atoms with van der Waals surface area (Å²) in [6.45, 7) is 2.33. The average molecular weight is 392 g/mol. The standard InChI is InChI=1S/C20H24O8/c1-24-15-2-4-16(5-3-15)27-12-10-25-8-9-26-11-13-28-17-6-7-18(20(22)23)19(21)14-17/h2-7,14,21H,8-13H2,1H3,(H,22,23). The molecular weight excluding hydrogens is 368 g/mol. The molecule has 2 aromatic carbocycles. The van der Waals surface area contributed by atoms with E-state index in [-0.39, 0.29) is 17.9 Å². The molecule has 0 heterocycles. The van der Waals surface area contributed by atoms with Crippen LogP contribution < -0.4 is 14.2 Å². The Balaban J connectivity index is 1.47. The molecule has 0 aliphatic rings. The van der Waals surface area contributed by atoms with Crippen LogP contribution in [0.1, 0.15) is 10.4 Å². The molecule has 152 valence electrons. The van der Waals surface area contributed by atoms with Crippen LogP contribution in [0.3, 0.4) is 0 Å². The third kappa shape index (κ3) is 7.34. The molecule has 0 bridgehead atoms. The molecule has 0 radical (unpaired) electrons. The number of benzene rings is 2. The lowest BCUT2D eigenvalue weighted by Gasteiger charge is -2.09. The van der Waals surface area contributed by atoms with Crippen LogP contribution in [0.4, 0.5) is 0 Å². The molecule has 0 unspecified atom stereocenters. The third-order valence-corrected chi connectivity index (χ3v) is 3.62. The smallest absolute Gasteiger partial charge is 0.339 e. The maximum atomic E-state index is 10.8. The molecular formula is C20H24O8. The van der Waals surface area contributed by atoms with Crippen LogP contribution >= 0.6 is 0 Å². The fourth-order valence-corrected chi connectivity index (χ4v) is 2.21. The quantitative estimate of drug-likeness (QED) is 0.502. The van der Waals surface area contributed by atoms with Crippen molar-refractivity contribution in [1.29, 1.82) is 0 Å². The molecule has 8 nitrogen and oxygen atoms in total. The van der Waals surface area contributed by atoms with Gasteiger partial charge in [-0.05, 0) is 36.4 Å². The van der Waals surface area contributed by atoms with Gasteiger partial charge in [0.15, 0.2) is 0 Å². The van der Waals surface area contributed by atoms with Crippen molar-refractivity contribution in [2.24, 2.45) is 0 Å². The van der Waals surface area contributed by atoms with Crippen molar-refractivity contribution in [3.63, 3.8) is 0 Å². The summed E-state index contributed by atoms with van der Waals surface area (Å²) in [7, 11) is 1.61. The first-order valence-corrected chi connectivity index (χ1v) is 8.71. The first-order chi connectivity index (χ1) is 13.6. The van der Waals surface area contributed by atoms with Gasteiger partial charge < -0.3 is 33.9 Å². The summed E-state index contributed by atoms with van der Waals surface area (Å²) in [6, 6.07) is 11.3. The van der Waals surface area contributed by atoms with E-state index in [2.05, 4.69) is 0 Å². The van der Waals surface area contributed by atoms with Crippen LogP contribution in [-0.2, 0) is 9.47 Å². The van der Waals surface area contributed by atoms with E-state index in [4.69, 9.17) is 28.8 Å². The van der Waals surface area contributed by atoms with Crippen molar-refractivity contribution in [2.75, 3.05) is 46.8 Å². The van der Waals surface area contributed by atoms with Gasteiger partial charge in [-0.15, -0.1) is 0 Å². The first kappa shape index (κ1) is 21.3. The van der Waals surface area contributed by atoms with Gasteiger partial charge in [-0.2, -0.15) is 0 Å². The zero-order valence-corrected chi connectivity index (χ0v) is 15.6. The number of methoxy groups -OCH3 is 1. The highest BCUT2D eigenvalue weighted by Gasteiger charge is 2.09. The summed E-state index contributed by atoms with van der Waals surface area (Å²) < 4.78 is 26.8. The van der Waals surface area contributed by atoms with Gasteiger partial charge in [0.25, 0.3) is 0 Å². The third-order valence-electron chi connectivity index (χ3n) is 3.62. The molecule has 0 atom stereocenters. The summed E-state index contributed by atoms with van der Waals surface area (Å²) in [6.07, 6.45) is 0. The second kappa shape index (κ2) is 11.7. The molecule has 0 fully saturated rings. The van der Waals surface area contributed by atoms with Gasteiger partial charge in [-0.25, -0.2) is 4.79 Å². The van der Waals surface area contributed by atoms with E-state index in [1.54, 1.807) is 7.11 Å². The Bertz CT molecular complexity index is 729. The summed E-state index contributed by atoms with van der Waals surface area (Å²) >= 11 is 0. The summed E-state index contributed by atoms with van der Waals surface area (Å²) in [5.41, 5.74) is -0.170. The van der Waals surface area contributed by atoms with E-state index in [0.29, 0.717) is 38.8 Å². The van der Waals surface area contributed by atoms with Crippen molar-refractivity contribution < 1.29 is 38.7 Å². The number of ether oxygens (including phenoxy) is 5. The molecule has 2 aromatic rings. The topological polar surface area (TPSA) is 104 Å². The van der Waals surface area contributed by atoms with E-state index in [1.165, 1.54) is 18.2 Å². The Morgan fingerprint density at radius 1 is 0.786 bits per heavy atom. The molecule has 0 amide bonds. The maximum absolute atomic E-state index is 10.8. The van der Waals surface area contributed by atoms with E-state index < -0.39 is 5.97 Å². The monoisotopic (exact) mass is 392 g/mol. The van der Waals surface area contributed by atoms with Gasteiger partial charge in [0.2, 0.25) is 0 Å². The van der Waals surface area contributed by atoms with Crippen molar-refractivity contribution in [3.8, 4) is 23.0 Å². The number of rotatable bonds is 13. The molecule has 0 spiro atoms. The molecule has 28 heavy (non-hydrogen) atoms. The molecule has 0 saturated heterocycles. The van der Waals surface area contributed by atoms with Crippen molar-refractivity contribution in [3.05, 3.63) is 48.0 Å². The lowest BCUT2D eigenvalue weighted by Crippen LogP contribution is -2.13. The predicted octanol–water partition coefficient (Wildman–Crippen LogP) is 2.59. The number of carboxylic acid groups (broad SMARTS) is 1. The Kier molecular flexibility index (Phi) is 8.90. The largest absolute Gasteiger partial charge is 0.507 e. The fraction of sp³-hybridized carbons (Fsp3) is 0.350. The fourth-order valence-electron chi connectivity index (χ4n) is 2.21. The lowest BCUT2D eigenvalue weighted by molar-refractivity contribution is 0.0273. The predicted molar refractivity (Wildman–Crippen MR) is 101 cm³/mol. The highest BCUT2D eigenvalue weighted by Crippen LogP contribution is 2.23. The molecule has 8 heteroatoms. The minimum atomic E-state index is -1.19. The number of carbonyl (C=O) groups is 1. The van der Waals surface area contributed by atoms with Crippen LogP contribution in [0.25, 0.3) is 0 Å². The number of aromatic carboxylic acids is 1. The normalized spacial score (nSPS) is 10.5. The average Bonchev–Trinajstić information content (AvgIpc) is 2.69. The minimum Gasteiger partial charge on any atom is -0.507 e. The number of carboxylic acids is 1. The molecule has 0 aliphatic carbocycles. The van der Waals surface area contributed by atoms with Crippen molar-refractivity contribution in [1.82, 2.24) is 0 Å². The maximum Gasteiger partial charge on any atom is 0.339 e. The second-order valence-corrected chi connectivity index (χ2v) is 5.58. The second-order valence-electron chi connectivity index (χ2n) is 5.58. The Morgan fingerprint density at radius 2 is 1.29 bits per heavy atom. The zero-order chi connectivity index (χ0) is 20.2. The van der Waals surface area contributed by atoms with E-state index >= 15 is 0 Å². The van der Waals surface area contributed by atoms with Gasteiger partial charge in [-0.1, -0.05) is 0 Å². The molecule has 2 N–H and O–H groups in total. The Labute approximate surface area is 163 Å². The molecule has 2 rings (SSSR count). The number of hydrogen-bond donors (Lipinski definition) is 2. The van der Waals surface area contributed by atoms with Crippen molar-refractivity contribution >= 4 is 5.97 Å². The van der Waals surface area contributed by atoms with E-state index in [0.717, 1.165) is 11.5 Å². The van der Waals surface area contributed by atoms with E-state index in [9.17, 15) is 9.90 Å². The van der Waals surface area contributed by atoms with Gasteiger partial charge in [-0.3, -0.25) is 0 Å². The van der Waals surface area contributed by atoms with Gasteiger partial charge in [0.05, 0.1) is 33.5 Å². The number of phenols is 1. The first-order valence-electron chi connectivity index (χ1n) is 8.71. The summed E-state index contributed by atoms with van der Waals surface area (Å²) in [5, 5.41) is 18.4. The van der Waals surface area contributed by atoms with Crippen molar-refractivity contribution in [2.45, 2.75) is 0 Å². The molecule has 0 saturated carbocycles. The lowest BCUT2D eigenvalue weighted by atomic mass is 10.2. The van der Waals surface area contributed by atoms with Crippen LogP contribution in [0.2, 0.25) is 0 Å². The van der Waals surface area contributed by atoms with Gasteiger partial charge in [0, 0.05) is 6.07 Å². The van der Waals surface area contributed by atoms with Crippen LogP contribution in [0.5, 0.6) is 23.0 Å². The Hall–Kier alpha value is -2.97. The molecule has 0 aliphatic heterocycles. The highest BCUT2D eigenvalue weighted by atomic mass is 16.6. The number of hydrogen-bond acceptors (Lipinski definition) is 7. The van der Waals surface area contributed by atoms with Gasteiger partial charge in [0.1, 0.15) is 41.8 Å². The van der Waals surface area contributed by atoms with Gasteiger partial charge >= 0.3 is 5.97 Å². The number of aromatic hydroxyl groups is 1. The minimum absolute atomic E-state index is 0.170. The van der Waals surface area contributed by atoms with Crippen LogP contribution in [0, 0.1) is 0 Å². The SMILES string of the molecule is COc1ccc(OCCOCCOCCOc2ccc(C(=O)O)c(O)c2)cc1. The summed E-state index contributed by atoms with van der Waals surface area (Å²) in [4.78, 5) is 10.8.